The molecule has 274 valence electrons. The molecule has 0 aliphatic carbocycles. The summed E-state index contributed by atoms with van der Waals surface area (Å²) in [5.74, 6) is 0.929. The highest BCUT2D eigenvalue weighted by molar-refractivity contribution is 5.70. The van der Waals surface area contributed by atoms with Crippen LogP contribution in [0.1, 0.15) is 61.8 Å². The topological polar surface area (TPSA) is 15.5 Å². The van der Waals surface area contributed by atoms with Gasteiger partial charge in [-0.3, -0.25) is 0 Å². The fourth-order valence-electron chi connectivity index (χ4n) is 7.73. The van der Waals surface area contributed by atoms with E-state index < -0.39 is 0 Å². The Bertz CT molecular complexity index is 2370. The van der Waals surface area contributed by atoms with Crippen molar-refractivity contribution < 1.29 is 18.3 Å². The minimum Gasteiger partial charge on any atom is -0.201 e. The van der Waals surface area contributed by atoms with Crippen molar-refractivity contribution in [1.82, 2.24) is 0 Å². The smallest absolute Gasteiger partial charge is 0.201 e. The Balaban J connectivity index is 0.969. The molecule has 0 spiro atoms. The first-order chi connectivity index (χ1) is 27.4. The summed E-state index contributed by atoms with van der Waals surface area (Å²) in [6.45, 7) is 10.6. The fourth-order valence-corrected chi connectivity index (χ4v) is 7.73. The number of para-hydroxylation sites is 2. The first-order valence-electron chi connectivity index (χ1n) is 19.8. The second-order valence-electron chi connectivity index (χ2n) is 15.2. The van der Waals surface area contributed by atoms with Gasteiger partial charge in [-0.25, -0.2) is 9.13 Å². The zero-order valence-corrected chi connectivity index (χ0v) is 32.8. The van der Waals surface area contributed by atoms with Crippen molar-refractivity contribution in [1.29, 1.82) is 0 Å². The number of pyridine rings is 4. The first-order valence-corrected chi connectivity index (χ1v) is 19.8. The predicted octanol–water partition coefficient (Wildman–Crippen LogP) is 10.2. The van der Waals surface area contributed by atoms with Gasteiger partial charge in [0.05, 0.1) is 0 Å². The summed E-state index contributed by atoms with van der Waals surface area (Å²) < 4.78 is 8.98. The molecule has 0 aliphatic heterocycles. The van der Waals surface area contributed by atoms with Crippen LogP contribution in [0.5, 0.6) is 0 Å². The number of nitrogens with zero attached hydrogens (tertiary/aromatic N) is 4. The minimum atomic E-state index is 0.464. The Labute approximate surface area is 331 Å². The van der Waals surface area contributed by atoms with Crippen molar-refractivity contribution in [3.63, 3.8) is 0 Å². The van der Waals surface area contributed by atoms with Crippen molar-refractivity contribution in [2.24, 2.45) is 0 Å². The van der Waals surface area contributed by atoms with Crippen LogP contribution in [0.15, 0.2) is 195 Å². The second kappa shape index (κ2) is 16.5. The molecule has 4 heteroatoms. The number of rotatable bonds is 11. The van der Waals surface area contributed by atoms with Gasteiger partial charge < -0.3 is 0 Å². The lowest BCUT2D eigenvalue weighted by Crippen LogP contribution is -2.34. The average Bonchev–Trinajstić information content (AvgIpc) is 3.25. The molecule has 0 bridgehead atoms. The maximum absolute atomic E-state index is 2.27. The molecule has 4 nitrogen and oxygen atoms in total. The van der Waals surface area contributed by atoms with Gasteiger partial charge in [-0.05, 0) is 45.2 Å². The largest absolute Gasteiger partial charge is 0.214 e. The number of benzene rings is 4. The van der Waals surface area contributed by atoms with Crippen LogP contribution in [-0.2, 0) is 13.1 Å². The van der Waals surface area contributed by atoms with E-state index in [1.54, 1.807) is 0 Å². The Morgan fingerprint density at radius 3 is 1.00 bits per heavy atom. The van der Waals surface area contributed by atoms with Crippen LogP contribution in [0.2, 0.25) is 0 Å². The van der Waals surface area contributed by atoms with Gasteiger partial charge in [0.15, 0.2) is 62.7 Å². The summed E-state index contributed by atoms with van der Waals surface area (Å²) in [4.78, 5) is 0. The molecule has 0 amide bonds. The number of hydrogen-bond acceptors (Lipinski definition) is 0. The minimum absolute atomic E-state index is 0.464. The van der Waals surface area contributed by atoms with Gasteiger partial charge in [-0.1, -0.05) is 113 Å². The maximum atomic E-state index is 2.27. The van der Waals surface area contributed by atoms with Gasteiger partial charge in [0, 0.05) is 82.9 Å². The summed E-state index contributed by atoms with van der Waals surface area (Å²) in [5.41, 5.74) is 15.1. The molecule has 4 aromatic heterocycles. The Morgan fingerprint density at radius 1 is 0.339 bits per heavy atom. The molecule has 0 saturated heterocycles. The highest BCUT2D eigenvalue weighted by Crippen LogP contribution is 2.28. The van der Waals surface area contributed by atoms with Crippen molar-refractivity contribution in [3.05, 3.63) is 217 Å². The van der Waals surface area contributed by atoms with Gasteiger partial charge in [0.2, 0.25) is 11.4 Å². The fraction of sp³-hybridized carbons (Fsp3) is 0.154. The number of aromatic nitrogens is 4. The molecular formula is C52H50N4+4. The van der Waals surface area contributed by atoms with E-state index in [0.29, 0.717) is 11.8 Å². The van der Waals surface area contributed by atoms with Crippen LogP contribution in [-0.4, -0.2) is 0 Å². The average molecular weight is 731 g/mol. The van der Waals surface area contributed by atoms with Gasteiger partial charge in [0.25, 0.3) is 0 Å². The Kier molecular flexibility index (Phi) is 10.7. The van der Waals surface area contributed by atoms with Crippen molar-refractivity contribution in [2.45, 2.75) is 52.6 Å². The van der Waals surface area contributed by atoms with Crippen LogP contribution < -0.4 is 18.3 Å². The standard InChI is InChI=1S/C52H50N4/c1-39(2)47-15-9-11-19-51(47)55-33-25-43(26-34-55)41-21-29-53(30-22-41)37-45-13-5-7-17-49(45)50-18-8-6-14-46(50)38-54-31-23-42(24-32-54)44-27-35-56(36-28-44)52-20-12-10-16-48(52)40(3)4/h5-36,39-40H,37-38H2,1-4H3/q+4. The van der Waals surface area contributed by atoms with E-state index in [1.807, 2.05) is 0 Å². The van der Waals surface area contributed by atoms with E-state index >= 15 is 0 Å². The summed E-state index contributed by atoms with van der Waals surface area (Å²) >= 11 is 0. The molecule has 0 radical (unpaired) electrons. The molecule has 0 atom stereocenters. The molecule has 0 N–H and O–H groups in total. The van der Waals surface area contributed by atoms with Gasteiger partial charge in [0.1, 0.15) is 0 Å². The van der Waals surface area contributed by atoms with E-state index in [1.165, 1.54) is 67.0 Å². The van der Waals surface area contributed by atoms with E-state index in [-0.39, 0.29) is 0 Å². The quantitative estimate of drug-likeness (QED) is 0.118. The Morgan fingerprint density at radius 2 is 0.643 bits per heavy atom. The summed E-state index contributed by atoms with van der Waals surface area (Å²) in [6.07, 6.45) is 17.5. The van der Waals surface area contributed by atoms with Crippen LogP contribution in [0, 0.1) is 0 Å². The van der Waals surface area contributed by atoms with E-state index in [0.717, 1.165) is 13.1 Å². The molecule has 0 saturated carbocycles. The molecular weight excluding hydrogens is 681 g/mol. The zero-order chi connectivity index (χ0) is 38.4. The molecule has 0 aliphatic rings. The van der Waals surface area contributed by atoms with Crippen LogP contribution >= 0.6 is 0 Å². The molecule has 4 aromatic carbocycles. The zero-order valence-electron chi connectivity index (χ0n) is 32.8. The molecule has 56 heavy (non-hydrogen) atoms. The second-order valence-corrected chi connectivity index (χ2v) is 15.2. The van der Waals surface area contributed by atoms with Crippen LogP contribution in [0.25, 0.3) is 44.8 Å². The summed E-state index contributed by atoms with van der Waals surface area (Å²) in [7, 11) is 0. The highest BCUT2D eigenvalue weighted by atomic mass is 15.0. The van der Waals surface area contributed by atoms with Crippen molar-refractivity contribution >= 4 is 0 Å². The van der Waals surface area contributed by atoms with E-state index in [4.69, 9.17) is 0 Å². The SMILES string of the molecule is CC(C)c1ccccc1-[n+]1ccc(-c2cc[n+](Cc3ccccc3-c3ccccc3C[n+]3ccc(-c4cc[n+](-c5ccccc5C(C)C)cc4)cc3)cc2)cc1. The van der Waals surface area contributed by atoms with Gasteiger partial charge in [-0.2, -0.15) is 9.13 Å². The lowest BCUT2D eigenvalue weighted by molar-refractivity contribution is -0.688. The highest BCUT2D eigenvalue weighted by Gasteiger charge is 2.18. The van der Waals surface area contributed by atoms with Crippen molar-refractivity contribution in [2.75, 3.05) is 0 Å². The summed E-state index contributed by atoms with van der Waals surface area (Å²) in [5, 5.41) is 0. The van der Waals surface area contributed by atoms with E-state index in [2.05, 4.69) is 241 Å². The third kappa shape index (κ3) is 7.97. The predicted molar refractivity (Wildman–Crippen MR) is 225 cm³/mol. The lowest BCUT2D eigenvalue weighted by atomic mass is 9.95. The van der Waals surface area contributed by atoms with Gasteiger partial charge in [-0.15, -0.1) is 0 Å². The summed E-state index contributed by atoms with van der Waals surface area (Å²) in [6, 6.07) is 52.6. The third-order valence-electron chi connectivity index (χ3n) is 10.8. The Hall–Kier alpha value is -6.52. The monoisotopic (exact) mass is 730 g/mol. The first kappa shape index (κ1) is 36.5. The number of hydrogen-bond donors (Lipinski definition) is 0. The van der Waals surface area contributed by atoms with Crippen LogP contribution in [0.3, 0.4) is 0 Å². The lowest BCUT2D eigenvalue weighted by Gasteiger charge is -2.12. The van der Waals surface area contributed by atoms with Crippen LogP contribution in [0.4, 0.5) is 0 Å². The maximum Gasteiger partial charge on any atom is 0.214 e. The van der Waals surface area contributed by atoms with Gasteiger partial charge >= 0.3 is 0 Å². The molecule has 0 fully saturated rings. The van der Waals surface area contributed by atoms with Crippen molar-refractivity contribution in [3.8, 4) is 44.8 Å². The third-order valence-corrected chi connectivity index (χ3v) is 10.8. The molecule has 8 aromatic rings. The molecule has 8 rings (SSSR count). The normalized spacial score (nSPS) is 11.3. The molecule has 4 heterocycles. The van der Waals surface area contributed by atoms with E-state index in [9.17, 15) is 0 Å². The molecule has 0 unspecified atom stereocenters.